The van der Waals surface area contributed by atoms with Gasteiger partial charge in [0.05, 0.1) is 0 Å². The Kier molecular flexibility index (Phi) is 5.45. The van der Waals surface area contributed by atoms with Crippen molar-refractivity contribution in [2.75, 3.05) is 4.43 Å². The normalized spacial score (nSPS) is 9.71. The molecule has 0 fully saturated rings. The van der Waals surface area contributed by atoms with E-state index >= 15 is 0 Å². The van der Waals surface area contributed by atoms with Crippen molar-refractivity contribution < 1.29 is 0 Å². The number of halogens is 2. The van der Waals surface area contributed by atoms with Crippen molar-refractivity contribution >= 4 is 58.5 Å². The quantitative estimate of drug-likeness (QED) is 0.382. The molecule has 0 N–H and O–H groups in total. The SMILES string of the molecule is CCI.Cc1nc2cc(Cl)ccc2[se]1. The van der Waals surface area contributed by atoms with E-state index in [1.807, 2.05) is 12.1 Å². The number of hydrogen-bond acceptors (Lipinski definition) is 1. The summed E-state index contributed by atoms with van der Waals surface area (Å²) in [5.74, 6) is 0. The van der Waals surface area contributed by atoms with E-state index < -0.39 is 0 Å². The summed E-state index contributed by atoms with van der Waals surface area (Å²) in [7, 11) is 0. The molecule has 0 spiro atoms. The van der Waals surface area contributed by atoms with Crippen LogP contribution in [-0.4, -0.2) is 23.9 Å². The molecule has 0 amide bonds. The molecule has 1 aromatic heterocycles. The van der Waals surface area contributed by atoms with Gasteiger partial charge in [0, 0.05) is 0 Å². The third-order valence-electron chi connectivity index (χ3n) is 1.46. The van der Waals surface area contributed by atoms with Crippen LogP contribution in [0.2, 0.25) is 5.02 Å². The Morgan fingerprint density at radius 2 is 2.14 bits per heavy atom. The summed E-state index contributed by atoms with van der Waals surface area (Å²) in [5.41, 5.74) is 1.06. The molecule has 0 bridgehead atoms. The van der Waals surface area contributed by atoms with Crippen molar-refractivity contribution in [2.45, 2.75) is 13.8 Å². The number of rotatable bonds is 0. The summed E-state index contributed by atoms with van der Waals surface area (Å²) in [5, 5.41) is 0.776. The number of hydrogen-bond donors (Lipinski definition) is 0. The molecule has 0 aliphatic rings. The first-order chi connectivity index (χ1) is 6.67. The number of aryl methyl sites for hydroxylation is 1. The third kappa shape index (κ3) is 3.54. The molecule has 2 aromatic rings. The van der Waals surface area contributed by atoms with E-state index in [2.05, 4.69) is 47.5 Å². The van der Waals surface area contributed by atoms with Gasteiger partial charge in [-0.15, -0.1) is 0 Å². The molecule has 2 rings (SSSR count). The monoisotopic (exact) mass is 387 g/mol. The van der Waals surface area contributed by atoms with Gasteiger partial charge in [0.1, 0.15) is 0 Å². The number of aromatic nitrogens is 1. The fourth-order valence-corrected chi connectivity index (χ4v) is 2.88. The fourth-order valence-electron chi connectivity index (χ4n) is 1.02. The molecule has 76 valence electrons. The number of fused-ring (bicyclic) bond motifs is 1. The van der Waals surface area contributed by atoms with Gasteiger partial charge in [-0.1, -0.05) is 29.5 Å². The van der Waals surface area contributed by atoms with Crippen LogP contribution in [0.5, 0.6) is 0 Å². The second-order valence-corrected chi connectivity index (χ2v) is 7.16. The maximum atomic E-state index is 5.81. The van der Waals surface area contributed by atoms with Crippen LogP contribution in [0.15, 0.2) is 18.2 Å². The molecule has 0 aliphatic carbocycles. The van der Waals surface area contributed by atoms with Crippen molar-refractivity contribution in [1.29, 1.82) is 0 Å². The van der Waals surface area contributed by atoms with Crippen LogP contribution in [0.1, 0.15) is 11.5 Å². The van der Waals surface area contributed by atoms with Gasteiger partial charge in [0.25, 0.3) is 0 Å². The molecule has 1 heterocycles. The Hall–Kier alpha value is 0.429. The summed E-state index contributed by atoms with van der Waals surface area (Å²) < 4.78 is 3.80. The van der Waals surface area contributed by atoms with E-state index in [4.69, 9.17) is 11.6 Å². The van der Waals surface area contributed by atoms with E-state index in [0.29, 0.717) is 14.5 Å². The van der Waals surface area contributed by atoms with Gasteiger partial charge in [-0.25, -0.2) is 0 Å². The Balaban J connectivity index is 0.000000293. The van der Waals surface area contributed by atoms with Gasteiger partial charge in [-0.2, -0.15) is 0 Å². The molecule has 4 heteroatoms. The Morgan fingerprint density at radius 3 is 2.79 bits per heavy atom. The van der Waals surface area contributed by atoms with Gasteiger partial charge in [-0.05, 0) is 4.43 Å². The van der Waals surface area contributed by atoms with E-state index in [-0.39, 0.29) is 0 Å². The van der Waals surface area contributed by atoms with E-state index in [9.17, 15) is 0 Å². The maximum absolute atomic E-state index is 5.81. The van der Waals surface area contributed by atoms with Crippen molar-refractivity contribution in [2.24, 2.45) is 0 Å². The van der Waals surface area contributed by atoms with Crippen molar-refractivity contribution in [3.8, 4) is 0 Å². The molecule has 1 nitrogen and oxygen atoms in total. The molecule has 0 atom stereocenters. The first kappa shape index (κ1) is 12.5. The molecule has 0 saturated carbocycles. The zero-order valence-electron chi connectivity index (χ0n) is 8.05. The van der Waals surface area contributed by atoms with Crippen LogP contribution < -0.4 is 0 Å². The average molecular weight is 387 g/mol. The molecule has 0 radical (unpaired) electrons. The van der Waals surface area contributed by atoms with Crippen LogP contribution in [0.4, 0.5) is 0 Å². The van der Waals surface area contributed by atoms with Gasteiger partial charge in [0.15, 0.2) is 0 Å². The summed E-state index contributed by atoms with van der Waals surface area (Å²) in [6.45, 7) is 4.18. The van der Waals surface area contributed by atoms with Crippen LogP contribution in [0.3, 0.4) is 0 Å². The Morgan fingerprint density at radius 1 is 1.50 bits per heavy atom. The molecule has 1 aromatic carbocycles. The average Bonchev–Trinajstić information content (AvgIpc) is 2.45. The zero-order valence-corrected chi connectivity index (χ0v) is 12.7. The molecule has 14 heavy (non-hydrogen) atoms. The zero-order chi connectivity index (χ0) is 10.6. The van der Waals surface area contributed by atoms with E-state index in [1.165, 1.54) is 13.3 Å². The number of benzene rings is 1. The molecule has 0 saturated heterocycles. The van der Waals surface area contributed by atoms with Crippen molar-refractivity contribution in [3.05, 3.63) is 27.8 Å². The Bertz CT molecular complexity index is 413. The summed E-state index contributed by atoms with van der Waals surface area (Å²) in [4.78, 5) is 4.37. The third-order valence-corrected chi connectivity index (χ3v) is 3.69. The van der Waals surface area contributed by atoms with E-state index in [0.717, 1.165) is 10.5 Å². The number of alkyl halides is 1. The second-order valence-electron chi connectivity index (χ2n) is 2.61. The van der Waals surface area contributed by atoms with Gasteiger partial charge in [-0.3, -0.25) is 0 Å². The predicted octanol–water partition coefficient (Wildman–Crippen LogP) is 3.69. The molecule has 0 aliphatic heterocycles. The van der Waals surface area contributed by atoms with E-state index in [1.54, 1.807) is 0 Å². The first-order valence-electron chi connectivity index (χ1n) is 4.26. The Labute approximate surface area is 109 Å². The molecular weight excluding hydrogens is 375 g/mol. The number of nitrogens with zero attached hydrogens (tertiary/aromatic N) is 1. The van der Waals surface area contributed by atoms with Gasteiger partial charge < -0.3 is 0 Å². The summed E-state index contributed by atoms with van der Waals surface area (Å²) in [6.07, 6.45) is 0. The molecule has 0 unspecified atom stereocenters. The van der Waals surface area contributed by atoms with Crippen LogP contribution >= 0.6 is 34.2 Å². The first-order valence-corrected chi connectivity index (χ1v) is 7.87. The van der Waals surface area contributed by atoms with Crippen molar-refractivity contribution in [3.63, 3.8) is 0 Å². The standard InChI is InChI=1S/C8H6ClNSe.C2H5I/c1-5-10-7-4-6(9)2-3-8(7)11-5;1-2-3/h2-4H,1H3;2H2,1H3. The predicted molar refractivity (Wildman–Crippen MR) is 73.0 cm³/mol. The van der Waals surface area contributed by atoms with Gasteiger partial charge >= 0.3 is 75.6 Å². The van der Waals surface area contributed by atoms with Gasteiger partial charge in [0.2, 0.25) is 0 Å². The summed E-state index contributed by atoms with van der Waals surface area (Å²) >= 11 is 8.54. The topological polar surface area (TPSA) is 12.9 Å². The second kappa shape index (κ2) is 6.11. The molecular formula is C10H11ClINSe. The summed E-state index contributed by atoms with van der Waals surface area (Å²) in [6, 6.07) is 5.92. The van der Waals surface area contributed by atoms with Crippen LogP contribution in [-0.2, 0) is 0 Å². The van der Waals surface area contributed by atoms with Crippen molar-refractivity contribution in [1.82, 2.24) is 4.98 Å². The van der Waals surface area contributed by atoms with Crippen LogP contribution in [0.25, 0.3) is 9.78 Å². The minimum absolute atomic E-state index is 0.444. The van der Waals surface area contributed by atoms with Crippen LogP contribution in [0, 0.1) is 6.92 Å². The fraction of sp³-hybridized carbons (Fsp3) is 0.300. The minimum atomic E-state index is 0.444.